The summed E-state index contributed by atoms with van der Waals surface area (Å²) in [7, 11) is -9.87. The summed E-state index contributed by atoms with van der Waals surface area (Å²) in [5.41, 5.74) is 0. The van der Waals surface area contributed by atoms with Gasteiger partial charge in [0, 0.05) is 25.7 Å². The predicted octanol–water partition coefficient (Wildman–Crippen LogP) is 17.5. The Kier molecular flexibility index (Phi) is 56.7. The van der Waals surface area contributed by atoms with E-state index < -0.39 is 97.5 Å². The summed E-state index contributed by atoms with van der Waals surface area (Å²) >= 11 is 0. The number of hydrogen-bond acceptors (Lipinski definition) is 15. The zero-order chi connectivity index (χ0) is 60.5. The summed E-state index contributed by atoms with van der Waals surface area (Å²) in [5, 5.41) is 10.5. The molecule has 0 spiro atoms. The Morgan fingerprint density at radius 2 is 0.488 bits per heavy atom. The van der Waals surface area contributed by atoms with Gasteiger partial charge in [-0.2, -0.15) is 0 Å². The van der Waals surface area contributed by atoms with E-state index in [1.54, 1.807) is 0 Å². The maximum absolute atomic E-state index is 13.0. The number of carbonyl (C=O) groups is 4. The number of rotatable bonds is 64. The van der Waals surface area contributed by atoms with Crippen molar-refractivity contribution in [2.45, 2.75) is 341 Å². The van der Waals surface area contributed by atoms with E-state index in [0.29, 0.717) is 25.7 Å². The van der Waals surface area contributed by atoms with Crippen molar-refractivity contribution in [3.63, 3.8) is 0 Å². The predicted molar refractivity (Wildman–Crippen MR) is 326 cm³/mol. The number of phosphoric ester groups is 2. The van der Waals surface area contributed by atoms with Crippen LogP contribution in [0.15, 0.2) is 0 Å². The van der Waals surface area contributed by atoms with Crippen molar-refractivity contribution >= 4 is 39.5 Å². The van der Waals surface area contributed by atoms with E-state index in [0.717, 1.165) is 109 Å². The molecule has 2 unspecified atom stereocenters. The van der Waals surface area contributed by atoms with E-state index in [-0.39, 0.29) is 25.7 Å². The van der Waals surface area contributed by atoms with E-state index in [2.05, 4.69) is 27.7 Å². The molecule has 0 fully saturated rings. The van der Waals surface area contributed by atoms with E-state index in [1.165, 1.54) is 135 Å². The van der Waals surface area contributed by atoms with Gasteiger partial charge in [-0.05, 0) is 25.7 Å². The Labute approximate surface area is 498 Å². The molecule has 0 aromatic carbocycles. The van der Waals surface area contributed by atoms with Crippen LogP contribution in [0.2, 0.25) is 0 Å². The molecule has 19 heteroatoms. The van der Waals surface area contributed by atoms with Crippen molar-refractivity contribution in [3.8, 4) is 0 Å². The smallest absolute Gasteiger partial charge is 0.462 e. The first-order chi connectivity index (χ1) is 39.7. The van der Waals surface area contributed by atoms with E-state index in [1.807, 2.05) is 0 Å². The monoisotopic (exact) mass is 1210 g/mol. The van der Waals surface area contributed by atoms with Crippen molar-refractivity contribution in [1.82, 2.24) is 0 Å². The molecule has 0 heterocycles. The highest BCUT2D eigenvalue weighted by Crippen LogP contribution is 2.45. The van der Waals surface area contributed by atoms with Crippen LogP contribution in [0.4, 0.5) is 0 Å². The van der Waals surface area contributed by atoms with Crippen molar-refractivity contribution in [2.75, 3.05) is 39.6 Å². The van der Waals surface area contributed by atoms with Crippen molar-refractivity contribution in [3.05, 3.63) is 0 Å². The summed E-state index contributed by atoms with van der Waals surface area (Å²) in [5.74, 6) is -2.15. The lowest BCUT2D eigenvalue weighted by atomic mass is 10.0. The lowest BCUT2D eigenvalue weighted by molar-refractivity contribution is -0.161. The average molecular weight is 1210 g/mol. The molecule has 486 valence electrons. The average Bonchev–Trinajstić information content (AvgIpc) is 3.49. The topological polar surface area (TPSA) is 237 Å². The van der Waals surface area contributed by atoms with Crippen molar-refractivity contribution in [1.29, 1.82) is 0 Å². The maximum Gasteiger partial charge on any atom is 0.472 e. The number of ether oxygens (including phenoxy) is 4. The Balaban J connectivity index is 5.13. The number of aliphatic hydroxyl groups is 1. The van der Waals surface area contributed by atoms with Crippen molar-refractivity contribution < 1.29 is 80.2 Å². The molecular weight excluding hydrogens is 1090 g/mol. The van der Waals surface area contributed by atoms with Crippen LogP contribution in [-0.2, 0) is 65.4 Å². The normalized spacial score (nSPS) is 14.2. The minimum Gasteiger partial charge on any atom is -0.462 e. The van der Waals surface area contributed by atoms with Crippen LogP contribution in [0.5, 0.6) is 0 Å². The van der Waals surface area contributed by atoms with Crippen LogP contribution in [-0.4, -0.2) is 96.7 Å². The summed E-state index contributed by atoms with van der Waals surface area (Å²) in [6.07, 6.45) is 43.6. The minimum atomic E-state index is -4.94. The lowest BCUT2D eigenvalue weighted by Crippen LogP contribution is -2.30. The van der Waals surface area contributed by atoms with Crippen LogP contribution in [0, 0.1) is 0 Å². The summed E-state index contributed by atoms with van der Waals surface area (Å²) in [4.78, 5) is 71.8. The van der Waals surface area contributed by atoms with Gasteiger partial charge in [0.15, 0.2) is 12.2 Å². The van der Waals surface area contributed by atoms with Crippen molar-refractivity contribution in [2.24, 2.45) is 0 Å². The van der Waals surface area contributed by atoms with E-state index >= 15 is 0 Å². The van der Waals surface area contributed by atoms with Crippen LogP contribution in [0.3, 0.4) is 0 Å². The highest BCUT2D eigenvalue weighted by molar-refractivity contribution is 7.47. The minimum absolute atomic E-state index is 0.103. The second kappa shape index (κ2) is 58.1. The standard InChI is InChI=1S/C63H122O17P2/c1-5-9-13-17-20-22-24-26-27-28-29-31-33-35-38-42-46-50-63(68)80-59(54-74-61(66)48-44-40-37-34-32-30-25-23-21-18-14-10-6-2)56-78-82(71,72)76-52-57(64)51-75-81(69,70)77-55-58(53-73-60(65)47-43-39-16-12-8-4)79-62(67)49-45-41-36-19-15-11-7-3/h57-59,64H,5-56H2,1-4H3,(H,69,70)(H,71,72)/t57-,58+,59+/m0/s1. The fraction of sp³-hybridized carbons (Fsp3) is 0.937. The molecule has 5 atom stereocenters. The highest BCUT2D eigenvalue weighted by atomic mass is 31.2. The third-order valence-corrected chi connectivity index (χ3v) is 16.5. The van der Waals surface area contributed by atoms with Gasteiger partial charge in [0.2, 0.25) is 0 Å². The van der Waals surface area contributed by atoms with E-state index in [4.69, 9.17) is 37.0 Å². The Morgan fingerprint density at radius 3 is 0.720 bits per heavy atom. The Morgan fingerprint density at radius 1 is 0.293 bits per heavy atom. The first kappa shape index (κ1) is 80.1. The van der Waals surface area contributed by atoms with Gasteiger partial charge in [-0.25, -0.2) is 9.13 Å². The van der Waals surface area contributed by atoms with Crippen LogP contribution in [0.1, 0.15) is 323 Å². The molecule has 3 N–H and O–H groups in total. The Bertz CT molecular complexity index is 1590. The molecule has 17 nitrogen and oxygen atoms in total. The first-order valence-electron chi connectivity index (χ1n) is 33.3. The summed E-state index contributed by atoms with van der Waals surface area (Å²) in [6, 6.07) is 0. The second-order valence-corrected chi connectivity index (χ2v) is 25.7. The third kappa shape index (κ3) is 57.2. The molecule has 0 saturated heterocycles. The van der Waals surface area contributed by atoms with Crippen LogP contribution >= 0.6 is 15.6 Å². The molecule has 0 saturated carbocycles. The highest BCUT2D eigenvalue weighted by Gasteiger charge is 2.30. The quantitative estimate of drug-likeness (QED) is 0.0222. The molecule has 0 aromatic rings. The number of aliphatic hydroxyl groups excluding tert-OH is 1. The number of phosphoric acid groups is 2. The van der Waals surface area contributed by atoms with Gasteiger partial charge in [-0.1, -0.05) is 272 Å². The lowest BCUT2D eigenvalue weighted by Gasteiger charge is -2.21. The zero-order valence-electron chi connectivity index (χ0n) is 52.5. The molecule has 0 aliphatic rings. The molecule has 0 aromatic heterocycles. The molecule has 0 radical (unpaired) electrons. The molecule has 0 rings (SSSR count). The van der Waals surface area contributed by atoms with Gasteiger partial charge in [-0.3, -0.25) is 37.3 Å². The number of unbranched alkanes of at least 4 members (excludes halogenated alkanes) is 38. The molecular formula is C63H122O17P2. The molecule has 0 bridgehead atoms. The molecule has 0 aliphatic carbocycles. The molecule has 82 heavy (non-hydrogen) atoms. The van der Waals surface area contributed by atoms with Crippen LogP contribution in [0.25, 0.3) is 0 Å². The molecule has 0 aliphatic heterocycles. The summed E-state index contributed by atoms with van der Waals surface area (Å²) < 4.78 is 67.7. The largest absolute Gasteiger partial charge is 0.472 e. The Hall–Kier alpha value is -1.94. The van der Waals surface area contributed by atoms with Gasteiger partial charge in [0.25, 0.3) is 0 Å². The summed E-state index contributed by atoms with van der Waals surface area (Å²) in [6.45, 7) is 4.76. The second-order valence-electron chi connectivity index (χ2n) is 22.8. The van der Waals surface area contributed by atoms with Gasteiger partial charge in [-0.15, -0.1) is 0 Å². The fourth-order valence-corrected chi connectivity index (χ4v) is 11.0. The third-order valence-electron chi connectivity index (χ3n) is 14.6. The van der Waals surface area contributed by atoms with Gasteiger partial charge < -0.3 is 33.8 Å². The SMILES string of the molecule is CCCCCCCCCCCCCCCCCCCC(=O)O[C@H](COC(=O)CCCCCCCCCCCCCCC)COP(=O)(O)OC[C@@H](O)COP(=O)(O)OC[C@@H](COC(=O)CCCCCCC)OC(=O)CCCCCCCCC. The van der Waals surface area contributed by atoms with E-state index in [9.17, 15) is 43.2 Å². The first-order valence-corrected chi connectivity index (χ1v) is 36.3. The fourth-order valence-electron chi connectivity index (χ4n) is 9.46. The van der Waals surface area contributed by atoms with Gasteiger partial charge >= 0.3 is 39.5 Å². The van der Waals surface area contributed by atoms with Gasteiger partial charge in [0.05, 0.1) is 26.4 Å². The number of esters is 4. The maximum atomic E-state index is 13.0. The zero-order valence-corrected chi connectivity index (χ0v) is 54.2. The number of hydrogen-bond donors (Lipinski definition) is 3. The van der Waals surface area contributed by atoms with Gasteiger partial charge in [0.1, 0.15) is 19.3 Å². The number of carbonyl (C=O) groups excluding carboxylic acids is 4. The molecule has 0 amide bonds. The van der Waals surface area contributed by atoms with Crippen LogP contribution < -0.4 is 0 Å².